The van der Waals surface area contributed by atoms with Gasteiger partial charge in [-0.25, -0.2) is 0 Å². The van der Waals surface area contributed by atoms with Crippen LogP contribution < -0.4 is 10.1 Å². The van der Waals surface area contributed by atoms with E-state index in [1.54, 1.807) is 17.8 Å². The normalized spacial score (nSPS) is 10.4. The molecule has 0 unspecified atom stereocenters. The Kier molecular flexibility index (Phi) is 6.81. The van der Waals surface area contributed by atoms with Crippen LogP contribution in [-0.4, -0.2) is 24.0 Å². The Morgan fingerprint density at radius 1 is 1.22 bits per heavy atom. The summed E-state index contributed by atoms with van der Waals surface area (Å²) in [5, 5.41) is 3.56. The lowest BCUT2D eigenvalue weighted by Crippen LogP contribution is -2.15. The van der Waals surface area contributed by atoms with E-state index in [1.807, 2.05) is 50.2 Å². The molecule has 122 valence electrons. The van der Waals surface area contributed by atoms with Crippen LogP contribution in [0.3, 0.4) is 0 Å². The summed E-state index contributed by atoms with van der Waals surface area (Å²) in [5.41, 5.74) is 2.93. The fourth-order valence-corrected chi connectivity index (χ4v) is 2.87. The van der Waals surface area contributed by atoms with Gasteiger partial charge < -0.3 is 10.1 Å². The van der Waals surface area contributed by atoms with Crippen molar-refractivity contribution in [3.8, 4) is 5.75 Å². The summed E-state index contributed by atoms with van der Waals surface area (Å²) in [5.74, 6) is 2.02. The molecule has 0 spiro atoms. The summed E-state index contributed by atoms with van der Waals surface area (Å²) < 4.78 is 5.65. The van der Waals surface area contributed by atoms with Gasteiger partial charge >= 0.3 is 0 Å². The fourth-order valence-electron chi connectivity index (χ4n) is 2.04. The number of hydrogen-bond acceptors (Lipinski definition) is 3. The summed E-state index contributed by atoms with van der Waals surface area (Å²) in [6.07, 6.45) is 0. The minimum absolute atomic E-state index is 0.0176. The summed E-state index contributed by atoms with van der Waals surface area (Å²) in [6, 6.07) is 13.4. The van der Waals surface area contributed by atoms with Gasteiger partial charge in [-0.1, -0.05) is 23.7 Å². The van der Waals surface area contributed by atoms with Gasteiger partial charge in [0.15, 0.2) is 0 Å². The van der Waals surface area contributed by atoms with Crippen molar-refractivity contribution in [2.75, 3.05) is 23.4 Å². The predicted molar refractivity (Wildman–Crippen MR) is 98.8 cm³/mol. The maximum Gasteiger partial charge on any atom is 0.234 e. The van der Waals surface area contributed by atoms with E-state index in [1.165, 1.54) is 5.56 Å². The minimum atomic E-state index is -0.0176. The van der Waals surface area contributed by atoms with Crippen LogP contribution in [0.1, 0.15) is 11.1 Å². The van der Waals surface area contributed by atoms with Gasteiger partial charge in [0.2, 0.25) is 5.91 Å². The average molecular weight is 350 g/mol. The Hall–Kier alpha value is -1.65. The van der Waals surface area contributed by atoms with Crippen molar-refractivity contribution in [1.82, 2.24) is 0 Å². The number of nitrogens with one attached hydrogen (secondary N) is 1. The van der Waals surface area contributed by atoms with Crippen molar-refractivity contribution in [1.29, 1.82) is 0 Å². The Bertz CT molecular complexity index is 676. The second-order valence-corrected chi connectivity index (χ2v) is 6.77. The highest BCUT2D eigenvalue weighted by molar-refractivity contribution is 7.99. The van der Waals surface area contributed by atoms with Crippen LogP contribution in [0.15, 0.2) is 42.5 Å². The SMILES string of the molecule is Cc1cccc(OCCSCC(=O)Nc2ccc(Cl)cc2C)c1. The first-order valence-electron chi connectivity index (χ1n) is 7.38. The number of benzene rings is 2. The molecule has 0 heterocycles. The van der Waals surface area contributed by atoms with Crippen LogP contribution in [0, 0.1) is 13.8 Å². The number of amides is 1. The highest BCUT2D eigenvalue weighted by Gasteiger charge is 2.05. The molecule has 0 aromatic heterocycles. The zero-order chi connectivity index (χ0) is 16.7. The molecule has 0 bridgehead atoms. The lowest BCUT2D eigenvalue weighted by atomic mass is 10.2. The summed E-state index contributed by atoms with van der Waals surface area (Å²) in [7, 11) is 0. The topological polar surface area (TPSA) is 38.3 Å². The number of rotatable bonds is 7. The van der Waals surface area contributed by atoms with Gasteiger partial charge in [0.1, 0.15) is 5.75 Å². The molecular formula is C18H20ClNO2S. The molecule has 1 N–H and O–H groups in total. The van der Waals surface area contributed by atoms with Crippen LogP contribution in [0.25, 0.3) is 0 Å². The minimum Gasteiger partial charge on any atom is -0.493 e. The predicted octanol–water partition coefficient (Wildman–Crippen LogP) is 4.71. The van der Waals surface area contributed by atoms with E-state index in [2.05, 4.69) is 5.32 Å². The van der Waals surface area contributed by atoms with Crippen molar-refractivity contribution in [3.63, 3.8) is 0 Å². The van der Waals surface area contributed by atoms with Crippen molar-refractivity contribution in [2.24, 2.45) is 0 Å². The number of ether oxygens (including phenoxy) is 1. The molecule has 2 aromatic carbocycles. The Labute approximate surface area is 146 Å². The van der Waals surface area contributed by atoms with Gasteiger partial charge in [-0.05, 0) is 55.3 Å². The molecule has 23 heavy (non-hydrogen) atoms. The number of thioether (sulfide) groups is 1. The van der Waals surface area contributed by atoms with Gasteiger partial charge in [0, 0.05) is 16.5 Å². The van der Waals surface area contributed by atoms with Crippen LogP contribution in [0.5, 0.6) is 5.75 Å². The van der Waals surface area contributed by atoms with Crippen molar-refractivity contribution in [3.05, 3.63) is 58.6 Å². The van der Waals surface area contributed by atoms with E-state index in [-0.39, 0.29) is 5.91 Å². The lowest BCUT2D eigenvalue weighted by Gasteiger charge is -2.09. The van der Waals surface area contributed by atoms with Crippen LogP contribution in [-0.2, 0) is 4.79 Å². The molecule has 2 rings (SSSR count). The highest BCUT2D eigenvalue weighted by atomic mass is 35.5. The van der Waals surface area contributed by atoms with E-state index >= 15 is 0 Å². The van der Waals surface area contributed by atoms with E-state index < -0.39 is 0 Å². The Balaban J connectivity index is 1.67. The number of halogens is 1. The first kappa shape index (κ1) is 17.7. The summed E-state index contributed by atoms with van der Waals surface area (Å²) >= 11 is 7.45. The first-order valence-corrected chi connectivity index (χ1v) is 8.91. The van der Waals surface area contributed by atoms with Gasteiger partial charge in [-0.2, -0.15) is 0 Å². The van der Waals surface area contributed by atoms with Crippen molar-refractivity contribution < 1.29 is 9.53 Å². The molecule has 0 aliphatic heterocycles. The number of carbonyl (C=O) groups excluding carboxylic acids is 1. The summed E-state index contributed by atoms with van der Waals surface area (Å²) in [6.45, 7) is 4.54. The maximum atomic E-state index is 11.9. The highest BCUT2D eigenvalue weighted by Crippen LogP contribution is 2.20. The molecule has 0 saturated heterocycles. The molecule has 0 radical (unpaired) electrons. The van der Waals surface area contributed by atoms with E-state index in [9.17, 15) is 4.79 Å². The van der Waals surface area contributed by atoms with Crippen LogP contribution >= 0.6 is 23.4 Å². The Morgan fingerprint density at radius 2 is 2.04 bits per heavy atom. The number of anilines is 1. The first-order chi connectivity index (χ1) is 11.0. The second-order valence-electron chi connectivity index (χ2n) is 5.22. The molecule has 0 fully saturated rings. The standard InChI is InChI=1S/C18H20ClNO2S/c1-13-4-3-5-16(10-13)22-8-9-23-12-18(21)20-17-7-6-15(19)11-14(17)2/h3-7,10-11H,8-9,12H2,1-2H3,(H,20,21). The molecule has 0 saturated carbocycles. The second kappa shape index (κ2) is 8.85. The number of aryl methyl sites for hydroxylation is 2. The molecule has 0 atom stereocenters. The molecule has 0 aliphatic carbocycles. The zero-order valence-electron chi connectivity index (χ0n) is 13.3. The Morgan fingerprint density at radius 3 is 2.78 bits per heavy atom. The third kappa shape index (κ3) is 6.16. The molecule has 0 aliphatic rings. The largest absolute Gasteiger partial charge is 0.493 e. The van der Waals surface area contributed by atoms with Crippen LogP contribution in [0.4, 0.5) is 5.69 Å². The maximum absolute atomic E-state index is 11.9. The lowest BCUT2D eigenvalue weighted by molar-refractivity contribution is -0.113. The number of carbonyl (C=O) groups is 1. The monoisotopic (exact) mass is 349 g/mol. The van der Waals surface area contributed by atoms with E-state index in [0.717, 1.165) is 22.8 Å². The molecule has 2 aromatic rings. The molecule has 3 nitrogen and oxygen atoms in total. The quantitative estimate of drug-likeness (QED) is 0.736. The smallest absolute Gasteiger partial charge is 0.234 e. The van der Waals surface area contributed by atoms with Gasteiger partial charge in [-0.3, -0.25) is 4.79 Å². The molecular weight excluding hydrogens is 330 g/mol. The average Bonchev–Trinajstić information content (AvgIpc) is 2.50. The third-order valence-electron chi connectivity index (χ3n) is 3.18. The fraction of sp³-hybridized carbons (Fsp3) is 0.278. The van der Waals surface area contributed by atoms with Gasteiger partial charge in [0.25, 0.3) is 0 Å². The number of hydrogen-bond donors (Lipinski definition) is 1. The summed E-state index contributed by atoms with van der Waals surface area (Å²) in [4.78, 5) is 11.9. The zero-order valence-corrected chi connectivity index (χ0v) is 14.8. The van der Waals surface area contributed by atoms with Gasteiger partial charge in [0.05, 0.1) is 12.4 Å². The third-order valence-corrected chi connectivity index (χ3v) is 4.34. The van der Waals surface area contributed by atoms with E-state index in [4.69, 9.17) is 16.3 Å². The van der Waals surface area contributed by atoms with E-state index in [0.29, 0.717) is 17.4 Å². The van der Waals surface area contributed by atoms with Gasteiger partial charge in [-0.15, -0.1) is 11.8 Å². The molecule has 1 amide bonds. The van der Waals surface area contributed by atoms with Crippen molar-refractivity contribution in [2.45, 2.75) is 13.8 Å². The van der Waals surface area contributed by atoms with Crippen LogP contribution in [0.2, 0.25) is 5.02 Å². The molecule has 5 heteroatoms. The van der Waals surface area contributed by atoms with Crippen molar-refractivity contribution >= 4 is 35.0 Å².